The third-order valence-electron chi connectivity index (χ3n) is 6.40. The molecular formula is C21H38BN2O3+. The maximum absolute atomic E-state index is 6.10. The molecule has 152 valence electrons. The van der Waals surface area contributed by atoms with Crippen LogP contribution >= 0.6 is 0 Å². The van der Waals surface area contributed by atoms with Crippen LogP contribution < -0.4 is 15.9 Å². The van der Waals surface area contributed by atoms with Crippen molar-refractivity contribution in [3.63, 3.8) is 0 Å². The van der Waals surface area contributed by atoms with Crippen molar-refractivity contribution in [2.45, 2.75) is 59.2 Å². The first kappa shape index (κ1) is 22.2. The minimum absolute atomic E-state index is 0.320. The van der Waals surface area contributed by atoms with E-state index in [1.165, 1.54) is 0 Å². The summed E-state index contributed by atoms with van der Waals surface area (Å²) >= 11 is 0. The Hall–Kier alpha value is -1.08. The molecular weight excluding hydrogens is 339 g/mol. The summed E-state index contributed by atoms with van der Waals surface area (Å²) in [5, 5.41) is 0. The van der Waals surface area contributed by atoms with Crippen LogP contribution in [0.25, 0.3) is 0 Å². The lowest BCUT2D eigenvalue weighted by Gasteiger charge is -2.36. The van der Waals surface area contributed by atoms with E-state index in [1.54, 1.807) is 0 Å². The van der Waals surface area contributed by atoms with Crippen LogP contribution in [-0.4, -0.2) is 62.1 Å². The average Bonchev–Trinajstić information content (AvgIpc) is 2.86. The molecule has 0 bridgehead atoms. The van der Waals surface area contributed by atoms with Gasteiger partial charge in [-0.2, -0.15) is 0 Å². The molecule has 1 fully saturated rings. The molecule has 0 radical (unpaired) electrons. The lowest BCUT2D eigenvalue weighted by atomic mass is 9.79. The van der Waals surface area contributed by atoms with Crippen molar-refractivity contribution in [2.75, 3.05) is 39.3 Å². The van der Waals surface area contributed by atoms with Crippen LogP contribution in [0.3, 0.4) is 0 Å². The largest absolute Gasteiger partial charge is 0.494 e. The molecule has 1 aromatic rings. The van der Waals surface area contributed by atoms with E-state index in [4.69, 9.17) is 19.8 Å². The molecule has 0 aromatic heterocycles. The van der Waals surface area contributed by atoms with Gasteiger partial charge < -0.3 is 24.3 Å². The summed E-state index contributed by atoms with van der Waals surface area (Å²) in [4.78, 5) is 0. The number of likely N-dealkylation sites (N-methyl/N-ethyl adjacent to an activating group) is 1. The number of ether oxygens (including phenoxy) is 1. The molecule has 0 amide bonds. The first-order chi connectivity index (χ1) is 12.7. The van der Waals surface area contributed by atoms with E-state index in [0.29, 0.717) is 0 Å². The molecule has 0 atom stereocenters. The van der Waals surface area contributed by atoms with Gasteiger partial charge >= 0.3 is 7.12 Å². The number of benzene rings is 1. The zero-order valence-corrected chi connectivity index (χ0v) is 18.1. The average molecular weight is 377 g/mol. The van der Waals surface area contributed by atoms with Gasteiger partial charge in [0.2, 0.25) is 0 Å². The van der Waals surface area contributed by atoms with Crippen LogP contribution in [0, 0.1) is 0 Å². The monoisotopic (exact) mass is 377 g/mol. The molecule has 2 rings (SSSR count). The molecule has 0 aliphatic carbocycles. The van der Waals surface area contributed by atoms with Gasteiger partial charge in [-0.25, -0.2) is 0 Å². The molecule has 1 aromatic carbocycles. The molecule has 1 saturated heterocycles. The summed E-state index contributed by atoms with van der Waals surface area (Å²) in [6, 6.07) is 8.07. The molecule has 0 unspecified atom stereocenters. The molecule has 1 aliphatic rings. The van der Waals surface area contributed by atoms with Crippen molar-refractivity contribution in [3.8, 4) is 5.75 Å². The van der Waals surface area contributed by atoms with E-state index in [2.05, 4.69) is 41.5 Å². The predicted molar refractivity (Wildman–Crippen MR) is 112 cm³/mol. The summed E-state index contributed by atoms with van der Waals surface area (Å²) in [5.41, 5.74) is 6.18. The van der Waals surface area contributed by atoms with Crippen molar-refractivity contribution in [3.05, 3.63) is 24.3 Å². The lowest BCUT2D eigenvalue weighted by Crippen LogP contribution is -2.51. The van der Waals surface area contributed by atoms with E-state index in [1.807, 2.05) is 24.3 Å². The Balaban J connectivity index is 1.85. The van der Waals surface area contributed by atoms with E-state index in [0.717, 1.165) is 61.4 Å². The molecule has 6 heteroatoms. The maximum atomic E-state index is 6.10. The zero-order valence-electron chi connectivity index (χ0n) is 18.1. The maximum Gasteiger partial charge on any atom is 0.494 e. The van der Waals surface area contributed by atoms with Gasteiger partial charge in [-0.3, -0.25) is 0 Å². The fraction of sp³-hybridized carbons (Fsp3) is 0.714. The van der Waals surface area contributed by atoms with Crippen LogP contribution in [-0.2, 0) is 9.31 Å². The number of hydrogen-bond donors (Lipinski definition) is 1. The van der Waals surface area contributed by atoms with Gasteiger partial charge in [-0.15, -0.1) is 0 Å². The Labute approximate surface area is 165 Å². The summed E-state index contributed by atoms with van der Waals surface area (Å²) in [6.07, 6.45) is 1.03. The van der Waals surface area contributed by atoms with Gasteiger partial charge in [0, 0.05) is 13.0 Å². The van der Waals surface area contributed by atoms with Crippen LogP contribution in [0.2, 0.25) is 0 Å². The number of quaternary nitrogens is 1. The van der Waals surface area contributed by atoms with Crippen molar-refractivity contribution < 1.29 is 18.5 Å². The Morgan fingerprint density at radius 1 is 0.963 bits per heavy atom. The van der Waals surface area contributed by atoms with Crippen LogP contribution in [0.1, 0.15) is 48.0 Å². The predicted octanol–water partition coefficient (Wildman–Crippen LogP) is 2.57. The highest BCUT2D eigenvalue weighted by Gasteiger charge is 2.51. The van der Waals surface area contributed by atoms with Gasteiger partial charge in [0.15, 0.2) is 0 Å². The van der Waals surface area contributed by atoms with Crippen molar-refractivity contribution in [1.82, 2.24) is 0 Å². The van der Waals surface area contributed by atoms with Gasteiger partial charge in [0.25, 0.3) is 0 Å². The Morgan fingerprint density at radius 2 is 1.52 bits per heavy atom. The van der Waals surface area contributed by atoms with Gasteiger partial charge in [-0.05, 0) is 59.1 Å². The second kappa shape index (κ2) is 8.95. The topological polar surface area (TPSA) is 53.7 Å². The summed E-state index contributed by atoms with van der Waals surface area (Å²) in [5.74, 6) is 0.889. The Kier molecular flexibility index (Phi) is 7.36. The molecule has 5 nitrogen and oxygen atoms in total. The zero-order chi connectivity index (χ0) is 20.1. The minimum atomic E-state index is -0.327. The van der Waals surface area contributed by atoms with E-state index < -0.39 is 0 Å². The van der Waals surface area contributed by atoms with E-state index in [9.17, 15) is 0 Å². The third kappa shape index (κ3) is 5.26. The second-order valence-electron chi connectivity index (χ2n) is 8.57. The Bertz CT molecular complexity index is 570. The smallest absolute Gasteiger partial charge is 0.493 e. The molecule has 0 saturated carbocycles. The first-order valence-corrected chi connectivity index (χ1v) is 10.3. The fourth-order valence-electron chi connectivity index (χ4n) is 3.53. The molecule has 27 heavy (non-hydrogen) atoms. The van der Waals surface area contributed by atoms with Gasteiger partial charge in [0.1, 0.15) is 5.75 Å². The van der Waals surface area contributed by atoms with Gasteiger partial charge in [-0.1, -0.05) is 12.1 Å². The van der Waals surface area contributed by atoms with Crippen molar-refractivity contribution >= 4 is 12.6 Å². The van der Waals surface area contributed by atoms with E-state index >= 15 is 0 Å². The summed E-state index contributed by atoms with van der Waals surface area (Å²) in [7, 11) is -0.327. The molecule has 0 spiro atoms. The second-order valence-corrected chi connectivity index (χ2v) is 8.57. The van der Waals surface area contributed by atoms with Crippen LogP contribution in [0.15, 0.2) is 24.3 Å². The standard InChI is InChI=1S/C21H38BN2O3/c1-7-24(8-2,16-14-23)15-9-17-25-19-12-10-18(11-13-19)22-26-20(3,4)21(5,6)27-22/h10-13H,7-9,14-17,23H2,1-6H3/q+1. The number of hydrogen-bond acceptors (Lipinski definition) is 4. The fourth-order valence-corrected chi connectivity index (χ4v) is 3.53. The lowest BCUT2D eigenvalue weighted by molar-refractivity contribution is -0.923. The highest BCUT2D eigenvalue weighted by molar-refractivity contribution is 6.62. The quantitative estimate of drug-likeness (QED) is 0.387. The molecule has 1 heterocycles. The summed E-state index contributed by atoms with van der Waals surface area (Å²) < 4.78 is 19.2. The number of nitrogens with zero attached hydrogens (tertiary/aromatic N) is 1. The number of rotatable bonds is 10. The van der Waals surface area contributed by atoms with Gasteiger partial charge in [0.05, 0.1) is 44.0 Å². The normalized spacial score (nSPS) is 18.7. The highest BCUT2D eigenvalue weighted by atomic mass is 16.7. The van der Waals surface area contributed by atoms with Crippen molar-refractivity contribution in [1.29, 1.82) is 0 Å². The molecule has 2 N–H and O–H groups in total. The van der Waals surface area contributed by atoms with Crippen LogP contribution in [0.5, 0.6) is 5.75 Å². The SMILES string of the molecule is CC[N+](CC)(CCN)CCCOc1ccc(B2OC(C)(C)C(C)(C)O2)cc1. The highest BCUT2D eigenvalue weighted by Crippen LogP contribution is 2.36. The summed E-state index contributed by atoms with van der Waals surface area (Å²) in [6.45, 7) is 18.6. The Morgan fingerprint density at radius 3 is 2.00 bits per heavy atom. The first-order valence-electron chi connectivity index (χ1n) is 10.3. The molecule has 1 aliphatic heterocycles. The van der Waals surface area contributed by atoms with E-state index in [-0.39, 0.29) is 18.3 Å². The van der Waals surface area contributed by atoms with Crippen molar-refractivity contribution in [2.24, 2.45) is 5.73 Å². The minimum Gasteiger partial charge on any atom is -0.493 e. The number of nitrogens with two attached hydrogens (primary N) is 1. The van der Waals surface area contributed by atoms with Crippen LogP contribution in [0.4, 0.5) is 0 Å². The third-order valence-corrected chi connectivity index (χ3v) is 6.40.